The van der Waals surface area contributed by atoms with Gasteiger partial charge in [0.1, 0.15) is 0 Å². The monoisotopic (exact) mass is 301 g/mol. The number of hydrogen-bond donors (Lipinski definition) is 2. The maximum atomic E-state index is 12.0. The second-order valence-electron chi connectivity index (χ2n) is 4.36. The van der Waals surface area contributed by atoms with Crippen molar-refractivity contribution >= 4 is 29.3 Å². The van der Waals surface area contributed by atoms with Gasteiger partial charge in [0, 0.05) is 18.9 Å². The van der Waals surface area contributed by atoms with E-state index in [2.05, 4.69) is 5.32 Å². The largest absolute Gasteiger partial charge is 0.396 e. The van der Waals surface area contributed by atoms with E-state index in [0.717, 1.165) is 29.1 Å². The summed E-state index contributed by atoms with van der Waals surface area (Å²) >= 11 is 7.80. The summed E-state index contributed by atoms with van der Waals surface area (Å²) in [5.41, 5.74) is 2.68. The Bertz CT molecular complexity index is 438. The van der Waals surface area contributed by atoms with Crippen LogP contribution in [0.4, 0.5) is 0 Å². The van der Waals surface area contributed by atoms with Crippen molar-refractivity contribution in [2.45, 2.75) is 20.3 Å². The van der Waals surface area contributed by atoms with Gasteiger partial charge in [0.05, 0.1) is 10.6 Å². The summed E-state index contributed by atoms with van der Waals surface area (Å²) in [6, 6.07) is 3.65. The van der Waals surface area contributed by atoms with Crippen molar-refractivity contribution in [3.05, 3.63) is 33.8 Å². The average Bonchev–Trinajstić information content (AvgIpc) is 2.37. The van der Waals surface area contributed by atoms with Crippen LogP contribution in [0.25, 0.3) is 0 Å². The number of thioether (sulfide) groups is 1. The van der Waals surface area contributed by atoms with Gasteiger partial charge in [-0.3, -0.25) is 4.79 Å². The molecule has 0 bridgehead atoms. The number of carbonyl (C=O) groups excluding carboxylic acids is 1. The minimum atomic E-state index is -0.129. The molecule has 106 valence electrons. The predicted octanol–water partition coefficient (Wildman–Crippen LogP) is 2.80. The van der Waals surface area contributed by atoms with E-state index >= 15 is 0 Å². The van der Waals surface area contributed by atoms with Crippen molar-refractivity contribution in [3.8, 4) is 0 Å². The maximum absolute atomic E-state index is 12.0. The van der Waals surface area contributed by atoms with Crippen LogP contribution in [-0.4, -0.2) is 35.7 Å². The topological polar surface area (TPSA) is 49.3 Å². The molecule has 0 aliphatic heterocycles. The molecule has 1 aromatic carbocycles. The van der Waals surface area contributed by atoms with E-state index in [4.69, 9.17) is 16.7 Å². The van der Waals surface area contributed by atoms with E-state index < -0.39 is 0 Å². The van der Waals surface area contributed by atoms with Gasteiger partial charge in [-0.25, -0.2) is 0 Å². The normalized spacial score (nSPS) is 10.5. The molecule has 0 heterocycles. The van der Waals surface area contributed by atoms with E-state index in [-0.39, 0.29) is 12.5 Å². The molecule has 1 amide bonds. The van der Waals surface area contributed by atoms with Gasteiger partial charge >= 0.3 is 0 Å². The minimum Gasteiger partial charge on any atom is -0.396 e. The van der Waals surface area contributed by atoms with E-state index in [9.17, 15) is 4.79 Å². The second kappa shape index (κ2) is 8.46. The Morgan fingerprint density at radius 3 is 2.68 bits per heavy atom. The molecule has 1 rings (SSSR count). The van der Waals surface area contributed by atoms with E-state index in [0.29, 0.717) is 17.1 Å². The number of aryl methyl sites for hydroxylation is 2. The zero-order chi connectivity index (χ0) is 14.3. The maximum Gasteiger partial charge on any atom is 0.252 e. The zero-order valence-corrected chi connectivity index (χ0v) is 12.9. The fraction of sp³-hybridized carbons (Fsp3) is 0.500. The first kappa shape index (κ1) is 16.3. The van der Waals surface area contributed by atoms with Crippen molar-refractivity contribution in [3.63, 3.8) is 0 Å². The van der Waals surface area contributed by atoms with Gasteiger partial charge in [-0.1, -0.05) is 11.6 Å². The summed E-state index contributed by atoms with van der Waals surface area (Å²) in [5, 5.41) is 12.0. The average molecular weight is 302 g/mol. The van der Waals surface area contributed by atoms with Crippen molar-refractivity contribution in [1.29, 1.82) is 0 Å². The summed E-state index contributed by atoms with van der Waals surface area (Å²) in [5.74, 6) is 1.63. The number of benzene rings is 1. The lowest BCUT2D eigenvalue weighted by Gasteiger charge is -2.09. The van der Waals surface area contributed by atoms with Crippen LogP contribution in [0.5, 0.6) is 0 Å². The van der Waals surface area contributed by atoms with Crippen molar-refractivity contribution < 1.29 is 9.90 Å². The fourth-order valence-electron chi connectivity index (χ4n) is 1.56. The highest BCUT2D eigenvalue weighted by atomic mass is 35.5. The number of amides is 1. The van der Waals surface area contributed by atoms with Crippen molar-refractivity contribution in [1.82, 2.24) is 5.32 Å². The quantitative estimate of drug-likeness (QED) is 0.761. The van der Waals surface area contributed by atoms with Crippen LogP contribution < -0.4 is 5.32 Å². The molecule has 2 N–H and O–H groups in total. The molecule has 0 aromatic heterocycles. The molecule has 19 heavy (non-hydrogen) atoms. The number of aliphatic hydroxyl groups is 1. The first-order chi connectivity index (χ1) is 9.06. The van der Waals surface area contributed by atoms with Gasteiger partial charge in [-0.15, -0.1) is 0 Å². The predicted molar refractivity (Wildman–Crippen MR) is 82.3 cm³/mol. The molecule has 1 aromatic rings. The third-order valence-corrected chi connectivity index (χ3v) is 4.19. The Kier molecular flexibility index (Phi) is 7.28. The molecule has 0 radical (unpaired) electrons. The SMILES string of the molecule is Cc1cc(Cl)c(C(=O)NCCSCCCO)cc1C. The molecule has 5 heteroatoms. The highest BCUT2D eigenvalue weighted by Gasteiger charge is 2.11. The van der Waals surface area contributed by atoms with Gasteiger partial charge in [0.25, 0.3) is 5.91 Å². The molecule has 0 fully saturated rings. The summed E-state index contributed by atoms with van der Waals surface area (Å²) in [6.07, 6.45) is 0.793. The third kappa shape index (κ3) is 5.43. The van der Waals surface area contributed by atoms with E-state index in [1.54, 1.807) is 11.8 Å². The van der Waals surface area contributed by atoms with Gasteiger partial charge in [-0.05, 0) is 49.3 Å². The van der Waals surface area contributed by atoms with Gasteiger partial charge in [0.15, 0.2) is 0 Å². The number of aliphatic hydroxyl groups excluding tert-OH is 1. The number of rotatable bonds is 7. The Morgan fingerprint density at radius 1 is 1.32 bits per heavy atom. The first-order valence-corrected chi connectivity index (χ1v) is 7.83. The Labute approximate surface area is 123 Å². The summed E-state index contributed by atoms with van der Waals surface area (Å²) in [6.45, 7) is 4.77. The van der Waals surface area contributed by atoms with Crippen molar-refractivity contribution in [2.24, 2.45) is 0 Å². The molecule has 0 aliphatic carbocycles. The van der Waals surface area contributed by atoms with Crippen LogP contribution in [0, 0.1) is 13.8 Å². The van der Waals surface area contributed by atoms with Crippen LogP contribution >= 0.6 is 23.4 Å². The molecule has 0 aliphatic rings. The molecule has 0 spiro atoms. The van der Waals surface area contributed by atoms with Crippen LogP contribution in [-0.2, 0) is 0 Å². The second-order valence-corrected chi connectivity index (χ2v) is 5.99. The van der Waals surface area contributed by atoms with E-state index in [1.807, 2.05) is 26.0 Å². The summed E-state index contributed by atoms with van der Waals surface area (Å²) in [7, 11) is 0. The number of nitrogens with one attached hydrogen (secondary N) is 1. The molecular formula is C14H20ClNO2S. The molecule has 3 nitrogen and oxygen atoms in total. The number of hydrogen-bond acceptors (Lipinski definition) is 3. The third-order valence-electron chi connectivity index (χ3n) is 2.81. The Hall–Kier alpha value is -0.710. The fourth-order valence-corrected chi connectivity index (χ4v) is 2.64. The van der Waals surface area contributed by atoms with E-state index in [1.165, 1.54) is 0 Å². The van der Waals surface area contributed by atoms with Crippen LogP contribution in [0.15, 0.2) is 12.1 Å². The van der Waals surface area contributed by atoms with Gasteiger partial charge in [0.2, 0.25) is 0 Å². The lowest BCUT2D eigenvalue weighted by atomic mass is 10.1. The lowest BCUT2D eigenvalue weighted by Crippen LogP contribution is -2.26. The lowest BCUT2D eigenvalue weighted by molar-refractivity contribution is 0.0956. The van der Waals surface area contributed by atoms with Gasteiger partial charge in [-0.2, -0.15) is 11.8 Å². The van der Waals surface area contributed by atoms with Crippen LogP contribution in [0.3, 0.4) is 0 Å². The molecule has 0 unspecified atom stereocenters. The van der Waals surface area contributed by atoms with Crippen LogP contribution in [0.2, 0.25) is 5.02 Å². The number of halogens is 1. The Balaban J connectivity index is 2.43. The minimum absolute atomic E-state index is 0.129. The van der Waals surface area contributed by atoms with Gasteiger partial charge < -0.3 is 10.4 Å². The standard InChI is InChI=1S/C14H20ClNO2S/c1-10-8-12(13(15)9-11(10)2)14(18)16-4-7-19-6-3-5-17/h8-9,17H,3-7H2,1-2H3,(H,16,18). The summed E-state index contributed by atoms with van der Waals surface area (Å²) < 4.78 is 0. The summed E-state index contributed by atoms with van der Waals surface area (Å²) in [4.78, 5) is 12.0. The molecule has 0 saturated heterocycles. The zero-order valence-electron chi connectivity index (χ0n) is 11.3. The van der Waals surface area contributed by atoms with Crippen LogP contribution in [0.1, 0.15) is 27.9 Å². The first-order valence-electron chi connectivity index (χ1n) is 6.29. The number of carbonyl (C=O) groups is 1. The molecular weight excluding hydrogens is 282 g/mol. The van der Waals surface area contributed by atoms with Crippen molar-refractivity contribution in [2.75, 3.05) is 24.7 Å². The molecule has 0 saturated carbocycles. The molecule has 0 atom stereocenters. The highest BCUT2D eigenvalue weighted by molar-refractivity contribution is 7.99. The highest BCUT2D eigenvalue weighted by Crippen LogP contribution is 2.20. The smallest absolute Gasteiger partial charge is 0.252 e. The Morgan fingerprint density at radius 2 is 2.00 bits per heavy atom.